The van der Waals surface area contributed by atoms with E-state index in [2.05, 4.69) is 20.8 Å². The van der Waals surface area contributed by atoms with Gasteiger partial charge in [-0.15, -0.1) is 10.2 Å². The molecule has 0 spiro atoms. The zero-order valence-electron chi connectivity index (χ0n) is 18.9. The molecule has 0 aliphatic rings. The SMILES string of the molecule is COc1ccc(NCc2nnc(SCC(=O)Nc3ccccc3)n2-c2ccc(OC)cc2)cc1. The van der Waals surface area contributed by atoms with E-state index in [9.17, 15) is 4.79 Å². The molecule has 1 heterocycles. The van der Waals surface area contributed by atoms with Crippen LogP contribution in [0.3, 0.4) is 0 Å². The summed E-state index contributed by atoms with van der Waals surface area (Å²) in [6.45, 7) is 0.447. The van der Waals surface area contributed by atoms with Gasteiger partial charge in [0.2, 0.25) is 5.91 Å². The normalized spacial score (nSPS) is 10.5. The number of benzene rings is 3. The van der Waals surface area contributed by atoms with Gasteiger partial charge in [0.05, 0.1) is 26.5 Å². The lowest BCUT2D eigenvalue weighted by atomic mass is 10.3. The standard InChI is InChI=1S/C25H25N5O3S/c1-32-21-12-8-18(9-13-21)26-16-23-28-29-25(30(23)20-10-14-22(33-2)15-11-20)34-17-24(31)27-19-6-4-3-5-7-19/h3-15,26H,16-17H2,1-2H3,(H,27,31). The van der Waals surface area contributed by atoms with Crippen LogP contribution in [0.15, 0.2) is 84.0 Å². The van der Waals surface area contributed by atoms with Crippen molar-refractivity contribution in [2.45, 2.75) is 11.7 Å². The van der Waals surface area contributed by atoms with Crippen molar-refractivity contribution >= 4 is 29.0 Å². The van der Waals surface area contributed by atoms with Crippen LogP contribution in [0.2, 0.25) is 0 Å². The van der Waals surface area contributed by atoms with Gasteiger partial charge in [0.15, 0.2) is 11.0 Å². The Morgan fingerprint density at radius 2 is 1.50 bits per heavy atom. The van der Waals surface area contributed by atoms with Crippen LogP contribution in [-0.4, -0.2) is 40.6 Å². The van der Waals surface area contributed by atoms with Crippen LogP contribution in [0.4, 0.5) is 11.4 Å². The summed E-state index contributed by atoms with van der Waals surface area (Å²) in [6, 6.07) is 24.7. The van der Waals surface area contributed by atoms with Crippen LogP contribution in [-0.2, 0) is 11.3 Å². The third-order valence-electron chi connectivity index (χ3n) is 4.96. The average molecular weight is 476 g/mol. The molecule has 0 saturated carbocycles. The summed E-state index contributed by atoms with van der Waals surface area (Å²) in [7, 11) is 3.27. The minimum atomic E-state index is -0.113. The molecule has 3 aromatic carbocycles. The molecule has 0 aliphatic carbocycles. The molecule has 0 atom stereocenters. The fraction of sp³-hybridized carbons (Fsp3) is 0.160. The average Bonchev–Trinajstić information content (AvgIpc) is 3.30. The number of nitrogens with zero attached hydrogens (tertiary/aromatic N) is 3. The van der Waals surface area contributed by atoms with Crippen LogP contribution in [0.1, 0.15) is 5.82 Å². The molecule has 2 N–H and O–H groups in total. The molecule has 0 bridgehead atoms. The summed E-state index contributed by atoms with van der Waals surface area (Å²) in [5.41, 5.74) is 2.57. The van der Waals surface area contributed by atoms with Crippen molar-refractivity contribution < 1.29 is 14.3 Å². The van der Waals surface area contributed by atoms with E-state index in [1.165, 1.54) is 11.8 Å². The van der Waals surface area contributed by atoms with Gasteiger partial charge >= 0.3 is 0 Å². The van der Waals surface area contributed by atoms with Crippen molar-refractivity contribution in [1.82, 2.24) is 14.8 Å². The number of ether oxygens (including phenoxy) is 2. The predicted octanol–water partition coefficient (Wildman–Crippen LogP) is 4.63. The van der Waals surface area contributed by atoms with E-state index in [0.717, 1.165) is 28.6 Å². The van der Waals surface area contributed by atoms with Crippen LogP contribution in [0.25, 0.3) is 5.69 Å². The maximum atomic E-state index is 12.5. The van der Waals surface area contributed by atoms with Crippen LogP contribution >= 0.6 is 11.8 Å². The van der Waals surface area contributed by atoms with Crippen LogP contribution < -0.4 is 20.1 Å². The van der Waals surface area contributed by atoms with Gasteiger partial charge in [-0.1, -0.05) is 30.0 Å². The Balaban J connectivity index is 1.51. The van der Waals surface area contributed by atoms with E-state index < -0.39 is 0 Å². The van der Waals surface area contributed by atoms with E-state index in [0.29, 0.717) is 17.5 Å². The Morgan fingerprint density at radius 1 is 0.853 bits per heavy atom. The van der Waals surface area contributed by atoms with Gasteiger partial charge in [0.1, 0.15) is 11.5 Å². The van der Waals surface area contributed by atoms with Gasteiger partial charge in [-0.2, -0.15) is 0 Å². The first kappa shape index (κ1) is 23.2. The number of hydrogen-bond donors (Lipinski definition) is 2. The highest BCUT2D eigenvalue weighted by molar-refractivity contribution is 7.99. The maximum Gasteiger partial charge on any atom is 0.234 e. The summed E-state index contributed by atoms with van der Waals surface area (Å²) in [5.74, 6) is 2.35. The highest BCUT2D eigenvalue weighted by Gasteiger charge is 2.16. The third-order valence-corrected chi connectivity index (χ3v) is 5.89. The minimum Gasteiger partial charge on any atom is -0.497 e. The molecule has 34 heavy (non-hydrogen) atoms. The molecule has 174 valence electrons. The largest absolute Gasteiger partial charge is 0.497 e. The van der Waals surface area contributed by atoms with Crippen molar-refractivity contribution in [2.75, 3.05) is 30.6 Å². The molecule has 4 rings (SSSR count). The number of rotatable bonds is 10. The van der Waals surface area contributed by atoms with E-state index in [4.69, 9.17) is 9.47 Å². The molecule has 1 amide bonds. The molecule has 1 aromatic heterocycles. The Bertz CT molecular complexity index is 1210. The number of methoxy groups -OCH3 is 2. The quantitative estimate of drug-likeness (QED) is 0.323. The summed E-state index contributed by atoms with van der Waals surface area (Å²) in [6.07, 6.45) is 0. The summed E-state index contributed by atoms with van der Waals surface area (Å²) >= 11 is 1.33. The van der Waals surface area contributed by atoms with E-state index in [1.807, 2.05) is 83.4 Å². The lowest BCUT2D eigenvalue weighted by Crippen LogP contribution is -2.14. The van der Waals surface area contributed by atoms with E-state index in [1.54, 1.807) is 14.2 Å². The smallest absolute Gasteiger partial charge is 0.234 e. The molecule has 4 aromatic rings. The monoisotopic (exact) mass is 475 g/mol. The second kappa shape index (κ2) is 11.2. The number of amides is 1. The zero-order valence-corrected chi connectivity index (χ0v) is 19.7. The first-order valence-corrected chi connectivity index (χ1v) is 11.6. The van der Waals surface area contributed by atoms with E-state index >= 15 is 0 Å². The highest BCUT2D eigenvalue weighted by atomic mass is 32.2. The van der Waals surface area contributed by atoms with Gasteiger partial charge in [-0.05, 0) is 60.7 Å². The molecule has 0 radical (unpaired) electrons. The second-order valence-corrected chi connectivity index (χ2v) is 8.16. The van der Waals surface area contributed by atoms with Gasteiger partial charge in [-0.25, -0.2) is 0 Å². The van der Waals surface area contributed by atoms with Crippen molar-refractivity contribution in [3.8, 4) is 17.2 Å². The predicted molar refractivity (Wildman–Crippen MR) is 134 cm³/mol. The van der Waals surface area contributed by atoms with E-state index in [-0.39, 0.29) is 11.7 Å². The van der Waals surface area contributed by atoms with Crippen molar-refractivity contribution in [3.63, 3.8) is 0 Å². The summed E-state index contributed by atoms with van der Waals surface area (Å²) in [5, 5.41) is 15.6. The Labute approximate surface area is 202 Å². The topological polar surface area (TPSA) is 90.3 Å². The number of carbonyl (C=O) groups excluding carboxylic acids is 1. The number of anilines is 2. The van der Waals surface area contributed by atoms with Gasteiger partial charge in [0.25, 0.3) is 0 Å². The number of thioether (sulfide) groups is 1. The molecule has 0 fully saturated rings. The van der Waals surface area contributed by atoms with Gasteiger partial charge in [-0.3, -0.25) is 9.36 Å². The van der Waals surface area contributed by atoms with Crippen molar-refractivity contribution in [1.29, 1.82) is 0 Å². The fourth-order valence-electron chi connectivity index (χ4n) is 3.24. The van der Waals surface area contributed by atoms with Gasteiger partial charge in [0, 0.05) is 17.1 Å². The first-order chi connectivity index (χ1) is 16.7. The number of para-hydroxylation sites is 1. The molecule has 0 saturated heterocycles. The van der Waals surface area contributed by atoms with Crippen LogP contribution in [0.5, 0.6) is 11.5 Å². The number of nitrogens with one attached hydrogen (secondary N) is 2. The number of hydrogen-bond acceptors (Lipinski definition) is 7. The first-order valence-electron chi connectivity index (χ1n) is 10.6. The van der Waals surface area contributed by atoms with Crippen LogP contribution in [0, 0.1) is 0 Å². The fourth-order valence-corrected chi connectivity index (χ4v) is 4.01. The Hall–Kier alpha value is -3.98. The Kier molecular flexibility index (Phi) is 7.67. The number of aromatic nitrogens is 3. The van der Waals surface area contributed by atoms with Gasteiger partial charge < -0.3 is 20.1 Å². The van der Waals surface area contributed by atoms with Crippen molar-refractivity contribution in [3.05, 3.63) is 84.7 Å². The maximum absolute atomic E-state index is 12.5. The number of carbonyl (C=O) groups is 1. The molecule has 0 aliphatic heterocycles. The molecule has 8 nitrogen and oxygen atoms in total. The zero-order chi connectivity index (χ0) is 23.8. The molecular weight excluding hydrogens is 450 g/mol. The van der Waals surface area contributed by atoms with Crippen molar-refractivity contribution in [2.24, 2.45) is 0 Å². The lowest BCUT2D eigenvalue weighted by molar-refractivity contribution is -0.113. The molecular formula is C25H25N5O3S. The Morgan fingerprint density at radius 3 is 2.15 bits per heavy atom. The lowest BCUT2D eigenvalue weighted by Gasteiger charge is -2.12. The molecule has 0 unspecified atom stereocenters. The molecule has 9 heteroatoms. The summed E-state index contributed by atoms with van der Waals surface area (Å²) in [4.78, 5) is 12.5. The second-order valence-electron chi connectivity index (χ2n) is 7.22. The highest BCUT2D eigenvalue weighted by Crippen LogP contribution is 2.25. The minimum absolute atomic E-state index is 0.113. The summed E-state index contributed by atoms with van der Waals surface area (Å²) < 4.78 is 12.4. The third kappa shape index (κ3) is 5.87.